The lowest BCUT2D eigenvalue weighted by Gasteiger charge is -2.29. The number of halogens is 3. The summed E-state index contributed by atoms with van der Waals surface area (Å²) in [7, 11) is -0.335. The molecule has 11 heteroatoms. The summed E-state index contributed by atoms with van der Waals surface area (Å²) in [5, 5.41) is 9.99. The van der Waals surface area contributed by atoms with Gasteiger partial charge in [0.2, 0.25) is 0 Å². The highest BCUT2D eigenvalue weighted by molar-refractivity contribution is 7.85. The molecule has 0 radical (unpaired) electrons. The standard InChI is InChI=1S/C25H21F3N2O5S/c1-35-24(33)20-12-16(25(26,27)28)4-7-18(20)14-3-6-19-15(11-14)9-10-30(23(19)32)17-5-8-22(31)21(13-17)29-36(2)34/h3-8,11-13,29,31H,9-10H2,1-2H3. The Morgan fingerprint density at radius 1 is 1.08 bits per heavy atom. The summed E-state index contributed by atoms with van der Waals surface area (Å²) < 4.78 is 58.4. The molecule has 1 amide bonds. The highest BCUT2D eigenvalue weighted by Gasteiger charge is 2.32. The Balaban J connectivity index is 1.69. The molecule has 0 spiro atoms. The maximum Gasteiger partial charge on any atom is 0.416 e. The minimum absolute atomic E-state index is 0.110. The van der Waals surface area contributed by atoms with E-state index in [2.05, 4.69) is 4.72 Å². The average Bonchev–Trinajstić information content (AvgIpc) is 2.84. The summed E-state index contributed by atoms with van der Waals surface area (Å²) in [4.78, 5) is 27.0. The molecule has 188 valence electrons. The molecule has 1 aliphatic heterocycles. The molecule has 1 unspecified atom stereocenters. The van der Waals surface area contributed by atoms with E-state index in [4.69, 9.17) is 4.74 Å². The number of rotatable bonds is 5. The van der Waals surface area contributed by atoms with Crippen molar-refractivity contribution in [2.75, 3.05) is 29.5 Å². The molecule has 1 aliphatic rings. The van der Waals surface area contributed by atoms with Crippen molar-refractivity contribution >= 4 is 34.2 Å². The van der Waals surface area contributed by atoms with Crippen LogP contribution in [0, 0.1) is 0 Å². The number of hydrogen-bond donors (Lipinski definition) is 2. The van der Waals surface area contributed by atoms with Crippen LogP contribution in [0.4, 0.5) is 24.5 Å². The Hall–Kier alpha value is -3.86. The molecule has 3 aromatic carbocycles. The Morgan fingerprint density at radius 2 is 1.81 bits per heavy atom. The fourth-order valence-corrected chi connectivity index (χ4v) is 4.56. The van der Waals surface area contributed by atoms with Crippen LogP contribution in [0.3, 0.4) is 0 Å². The van der Waals surface area contributed by atoms with Crippen molar-refractivity contribution in [3.63, 3.8) is 0 Å². The van der Waals surface area contributed by atoms with Crippen LogP contribution in [-0.4, -0.2) is 41.1 Å². The van der Waals surface area contributed by atoms with Crippen LogP contribution in [0.2, 0.25) is 0 Å². The molecule has 0 saturated carbocycles. The lowest BCUT2D eigenvalue weighted by atomic mass is 9.91. The van der Waals surface area contributed by atoms with E-state index in [9.17, 15) is 32.1 Å². The molecule has 0 aromatic heterocycles. The van der Waals surface area contributed by atoms with E-state index in [0.717, 1.165) is 19.2 Å². The number of nitrogens with one attached hydrogen (secondary N) is 1. The Bertz CT molecular complexity index is 1390. The minimum atomic E-state index is -4.62. The maximum absolute atomic E-state index is 13.2. The summed E-state index contributed by atoms with van der Waals surface area (Å²) in [5.74, 6) is -1.32. The number of aromatic hydroxyl groups is 1. The number of amides is 1. The fourth-order valence-electron chi connectivity index (χ4n) is 4.08. The van der Waals surface area contributed by atoms with E-state index in [1.54, 1.807) is 24.3 Å². The summed E-state index contributed by atoms with van der Waals surface area (Å²) in [6.07, 6.45) is -2.77. The van der Waals surface area contributed by atoms with Gasteiger partial charge in [-0.05, 0) is 59.5 Å². The van der Waals surface area contributed by atoms with Crippen LogP contribution in [0.25, 0.3) is 11.1 Å². The molecule has 4 rings (SSSR count). The van der Waals surface area contributed by atoms with Crippen LogP contribution >= 0.6 is 0 Å². The van der Waals surface area contributed by atoms with Gasteiger partial charge in [-0.25, -0.2) is 9.00 Å². The van der Waals surface area contributed by atoms with Crippen molar-refractivity contribution in [2.24, 2.45) is 0 Å². The molecule has 7 nitrogen and oxygen atoms in total. The lowest BCUT2D eigenvalue weighted by Crippen LogP contribution is -2.37. The highest BCUT2D eigenvalue weighted by atomic mass is 32.2. The van der Waals surface area contributed by atoms with E-state index in [1.807, 2.05) is 0 Å². The summed E-state index contributed by atoms with van der Waals surface area (Å²) in [6, 6.07) is 12.2. The first-order chi connectivity index (χ1) is 17.0. The number of nitrogens with zero attached hydrogens (tertiary/aromatic N) is 1. The van der Waals surface area contributed by atoms with E-state index >= 15 is 0 Å². The number of carbonyl (C=O) groups excluding carboxylic acids is 2. The van der Waals surface area contributed by atoms with Gasteiger partial charge in [0, 0.05) is 24.1 Å². The van der Waals surface area contributed by atoms with Gasteiger partial charge in [-0.1, -0.05) is 18.2 Å². The van der Waals surface area contributed by atoms with E-state index in [0.29, 0.717) is 35.3 Å². The number of alkyl halides is 3. The second-order valence-electron chi connectivity index (χ2n) is 8.09. The number of hydrogen-bond acceptors (Lipinski definition) is 5. The van der Waals surface area contributed by atoms with Crippen LogP contribution in [0.1, 0.15) is 31.8 Å². The summed E-state index contributed by atoms with van der Waals surface area (Å²) in [5.41, 5.74) is 1.34. The third-order valence-corrected chi connectivity index (χ3v) is 6.30. The smallest absolute Gasteiger partial charge is 0.416 e. The van der Waals surface area contributed by atoms with Gasteiger partial charge >= 0.3 is 12.1 Å². The molecule has 0 bridgehead atoms. The Labute approximate surface area is 207 Å². The first kappa shape index (κ1) is 25.2. The topological polar surface area (TPSA) is 95.9 Å². The first-order valence-electron chi connectivity index (χ1n) is 10.7. The second kappa shape index (κ2) is 9.65. The van der Waals surface area contributed by atoms with Gasteiger partial charge in [-0.15, -0.1) is 0 Å². The van der Waals surface area contributed by atoms with Gasteiger partial charge < -0.3 is 19.5 Å². The number of ether oxygens (including phenoxy) is 1. The van der Waals surface area contributed by atoms with Gasteiger partial charge in [-0.3, -0.25) is 4.79 Å². The van der Waals surface area contributed by atoms with Crippen LogP contribution in [0.15, 0.2) is 54.6 Å². The van der Waals surface area contributed by atoms with E-state index < -0.39 is 28.7 Å². The van der Waals surface area contributed by atoms with Crippen molar-refractivity contribution < 1.29 is 36.8 Å². The van der Waals surface area contributed by atoms with Gasteiger partial charge in [-0.2, -0.15) is 13.2 Å². The number of esters is 1. The zero-order valence-electron chi connectivity index (χ0n) is 19.2. The molecule has 3 aromatic rings. The van der Waals surface area contributed by atoms with Gasteiger partial charge in [0.05, 0.1) is 23.9 Å². The highest BCUT2D eigenvalue weighted by Crippen LogP contribution is 2.36. The first-order valence-corrected chi connectivity index (χ1v) is 12.2. The zero-order chi connectivity index (χ0) is 26.2. The van der Waals surface area contributed by atoms with Gasteiger partial charge in [0.15, 0.2) is 0 Å². The van der Waals surface area contributed by atoms with E-state index in [1.165, 1.54) is 29.4 Å². The normalized spacial score (nSPS) is 14.2. The number of anilines is 2. The molecule has 1 atom stereocenters. The van der Waals surface area contributed by atoms with Crippen LogP contribution < -0.4 is 9.62 Å². The Morgan fingerprint density at radius 3 is 2.47 bits per heavy atom. The molecule has 0 saturated heterocycles. The number of phenols is 1. The van der Waals surface area contributed by atoms with Gasteiger partial charge in [0.25, 0.3) is 5.91 Å². The fraction of sp³-hybridized carbons (Fsp3) is 0.200. The van der Waals surface area contributed by atoms with Crippen molar-refractivity contribution in [1.29, 1.82) is 0 Å². The van der Waals surface area contributed by atoms with E-state index in [-0.39, 0.29) is 28.5 Å². The van der Waals surface area contributed by atoms with Crippen molar-refractivity contribution in [1.82, 2.24) is 0 Å². The van der Waals surface area contributed by atoms with Crippen LogP contribution in [0.5, 0.6) is 5.75 Å². The van der Waals surface area contributed by atoms with Crippen LogP contribution in [-0.2, 0) is 28.3 Å². The average molecular weight is 519 g/mol. The quantitative estimate of drug-likeness (QED) is 0.375. The summed E-state index contributed by atoms with van der Waals surface area (Å²) in [6.45, 7) is 0.297. The third-order valence-electron chi connectivity index (χ3n) is 5.79. The number of fused-ring (bicyclic) bond motifs is 1. The molecule has 2 N–H and O–H groups in total. The maximum atomic E-state index is 13.2. The lowest BCUT2D eigenvalue weighted by molar-refractivity contribution is -0.137. The minimum Gasteiger partial charge on any atom is -0.506 e. The molecular formula is C25H21F3N2O5S. The molecule has 36 heavy (non-hydrogen) atoms. The zero-order valence-corrected chi connectivity index (χ0v) is 20.0. The Kier molecular flexibility index (Phi) is 6.77. The number of methoxy groups -OCH3 is 1. The van der Waals surface area contributed by atoms with Crippen molar-refractivity contribution in [2.45, 2.75) is 12.6 Å². The van der Waals surface area contributed by atoms with Crippen molar-refractivity contribution in [3.05, 3.63) is 76.9 Å². The molecular weight excluding hydrogens is 497 g/mol. The molecule has 0 fully saturated rings. The van der Waals surface area contributed by atoms with Gasteiger partial charge in [0.1, 0.15) is 16.7 Å². The second-order valence-corrected chi connectivity index (χ2v) is 9.20. The number of carbonyl (C=O) groups is 2. The number of benzene rings is 3. The van der Waals surface area contributed by atoms with Crippen molar-refractivity contribution in [3.8, 4) is 16.9 Å². The third kappa shape index (κ3) is 4.92. The largest absolute Gasteiger partial charge is 0.506 e. The SMILES string of the molecule is COC(=O)c1cc(C(F)(F)F)ccc1-c1ccc2c(c1)CCN(c1ccc(O)c(NS(C)=O)c1)C2=O. The molecule has 0 aliphatic carbocycles. The predicted molar refractivity (Wildman–Crippen MR) is 129 cm³/mol. The monoisotopic (exact) mass is 518 g/mol. The summed E-state index contributed by atoms with van der Waals surface area (Å²) >= 11 is 0. The predicted octanol–water partition coefficient (Wildman–Crippen LogP) is 4.77. The number of phenolic OH excluding ortho intramolecular Hbond substituents is 1. The molecule has 1 heterocycles.